The zero-order chi connectivity index (χ0) is 12.8. The maximum Gasteiger partial charge on any atom is 0.410 e. The van der Waals surface area contributed by atoms with Gasteiger partial charge in [0.05, 0.1) is 6.10 Å². The van der Waals surface area contributed by atoms with Crippen LogP contribution in [0.3, 0.4) is 0 Å². The number of amides is 1. The van der Waals surface area contributed by atoms with Crippen LogP contribution in [0.2, 0.25) is 0 Å². The molecule has 0 saturated heterocycles. The lowest BCUT2D eigenvalue weighted by atomic mass is 10.1. The Kier molecular flexibility index (Phi) is 4.97. The normalized spacial score (nSPS) is 10.4. The molecule has 0 fully saturated rings. The Hall–Kier alpha value is -1.55. The summed E-state index contributed by atoms with van der Waals surface area (Å²) in [6, 6.07) is 7.83. The van der Waals surface area contributed by atoms with E-state index < -0.39 is 0 Å². The van der Waals surface area contributed by atoms with Crippen LogP contribution in [0.25, 0.3) is 0 Å². The van der Waals surface area contributed by atoms with E-state index in [1.54, 1.807) is 11.9 Å². The average Bonchev–Trinajstić information content (AvgIpc) is 2.28. The molecule has 0 heterocycles. The van der Waals surface area contributed by atoms with Crippen molar-refractivity contribution in [3.63, 3.8) is 0 Å². The number of nitrogens with zero attached hydrogens (tertiary/aromatic N) is 1. The lowest BCUT2D eigenvalue weighted by molar-refractivity contribution is 0.0822. The fourth-order valence-corrected chi connectivity index (χ4v) is 1.52. The Bertz CT molecular complexity index is 377. The molecule has 17 heavy (non-hydrogen) atoms. The van der Waals surface area contributed by atoms with Crippen molar-refractivity contribution in [2.75, 3.05) is 7.05 Å². The fourth-order valence-electron chi connectivity index (χ4n) is 1.52. The summed E-state index contributed by atoms with van der Waals surface area (Å²) in [5.41, 5.74) is 7.75. The smallest absolute Gasteiger partial charge is 0.410 e. The first kappa shape index (κ1) is 13.5. The van der Waals surface area contributed by atoms with Gasteiger partial charge in [-0.25, -0.2) is 4.79 Å². The second-order valence-electron chi connectivity index (χ2n) is 4.26. The topological polar surface area (TPSA) is 55.6 Å². The summed E-state index contributed by atoms with van der Waals surface area (Å²) >= 11 is 0. The molecule has 1 amide bonds. The van der Waals surface area contributed by atoms with Gasteiger partial charge in [0.15, 0.2) is 0 Å². The van der Waals surface area contributed by atoms with E-state index in [2.05, 4.69) is 0 Å². The van der Waals surface area contributed by atoms with Crippen LogP contribution in [0.15, 0.2) is 24.3 Å². The Labute approximate surface area is 102 Å². The third kappa shape index (κ3) is 4.07. The summed E-state index contributed by atoms with van der Waals surface area (Å²) in [6.07, 6.45) is -0.415. The number of nitrogens with two attached hydrogens (primary N) is 1. The van der Waals surface area contributed by atoms with E-state index >= 15 is 0 Å². The summed E-state index contributed by atoms with van der Waals surface area (Å²) in [5.74, 6) is 0. The second-order valence-corrected chi connectivity index (χ2v) is 4.26. The summed E-state index contributed by atoms with van der Waals surface area (Å²) in [7, 11) is 1.72. The van der Waals surface area contributed by atoms with Crippen LogP contribution in [0, 0.1) is 0 Å². The van der Waals surface area contributed by atoms with E-state index in [9.17, 15) is 4.79 Å². The number of ether oxygens (including phenoxy) is 1. The molecule has 0 spiro atoms. The third-order valence-corrected chi connectivity index (χ3v) is 2.39. The number of benzene rings is 1. The molecule has 1 aromatic carbocycles. The molecule has 0 atom stereocenters. The molecule has 0 unspecified atom stereocenters. The number of rotatable bonds is 4. The van der Waals surface area contributed by atoms with Crippen LogP contribution in [-0.4, -0.2) is 24.1 Å². The summed E-state index contributed by atoms with van der Waals surface area (Å²) in [5, 5.41) is 0. The van der Waals surface area contributed by atoms with Gasteiger partial charge in [0.2, 0.25) is 0 Å². The highest BCUT2D eigenvalue weighted by atomic mass is 16.6. The van der Waals surface area contributed by atoms with Crippen molar-refractivity contribution < 1.29 is 9.53 Å². The fraction of sp³-hybridized carbons (Fsp3) is 0.462. The van der Waals surface area contributed by atoms with Crippen LogP contribution in [-0.2, 0) is 17.8 Å². The van der Waals surface area contributed by atoms with E-state index in [1.807, 2.05) is 38.1 Å². The Balaban J connectivity index is 2.67. The van der Waals surface area contributed by atoms with Gasteiger partial charge in [0.1, 0.15) is 0 Å². The Morgan fingerprint density at radius 3 is 2.47 bits per heavy atom. The molecule has 0 radical (unpaired) electrons. The Morgan fingerprint density at radius 2 is 1.94 bits per heavy atom. The van der Waals surface area contributed by atoms with E-state index in [0.717, 1.165) is 11.1 Å². The molecule has 2 N–H and O–H groups in total. The van der Waals surface area contributed by atoms with E-state index in [4.69, 9.17) is 10.5 Å². The predicted octanol–water partition coefficient (Wildman–Crippen LogP) is 2.12. The van der Waals surface area contributed by atoms with Crippen molar-refractivity contribution in [1.82, 2.24) is 4.90 Å². The SMILES string of the molecule is CC(C)OC(=O)N(C)Cc1ccccc1CN. The lowest BCUT2D eigenvalue weighted by Crippen LogP contribution is -2.29. The zero-order valence-electron chi connectivity index (χ0n) is 10.6. The molecule has 94 valence electrons. The van der Waals surface area contributed by atoms with E-state index in [1.165, 1.54) is 0 Å². The summed E-state index contributed by atoms with van der Waals surface area (Å²) in [4.78, 5) is 13.2. The first-order valence-corrected chi connectivity index (χ1v) is 5.73. The predicted molar refractivity (Wildman–Crippen MR) is 67.4 cm³/mol. The molecular formula is C13H20N2O2. The highest BCUT2D eigenvalue weighted by molar-refractivity contribution is 5.67. The molecule has 0 aliphatic heterocycles. The van der Waals surface area contributed by atoms with Gasteiger partial charge >= 0.3 is 6.09 Å². The average molecular weight is 236 g/mol. The molecular weight excluding hydrogens is 216 g/mol. The van der Waals surface area contributed by atoms with Crippen molar-refractivity contribution in [3.05, 3.63) is 35.4 Å². The molecule has 0 aliphatic carbocycles. The van der Waals surface area contributed by atoms with Crippen molar-refractivity contribution in [2.24, 2.45) is 5.73 Å². The first-order valence-electron chi connectivity index (χ1n) is 5.73. The molecule has 0 aromatic heterocycles. The minimum atomic E-state index is -0.313. The maximum absolute atomic E-state index is 11.6. The maximum atomic E-state index is 11.6. The lowest BCUT2D eigenvalue weighted by Gasteiger charge is -2.20. The van der Waals surface area contributed by atoms with Gasteiger partial charge in [-0.15, -0.1) is 0 Å². The third-order valence-electron chi connectivity index (χ3n) is 2.39. The molecule has 4 heteroatoms. The van der Waals surface area contributed by atoms with Crippen LogP contribution in [0.1, 0.15) is 25.0 Å². The molecule has 4 nitrogen and oxygen atoms in total. The van der Waals surface area contributed by atoms with Crippen molar-refractivity contribution in [2.45, 2.75) is 33.0 Å². The quantitative estimate of drug-likeness (QED) is 0.871. The van der Waals surface area contributed by atoms with Crippen molar-refractivity contribution >= 4 is 6.09 Å². The van der Waals surface area contributed by atoms with Crippen LogP contribution in [0.4, 0.5) is 4.79 Å². The summed E-state index contributed by atoms with van der Waals surface area (Å²) in [6.45, 7) is 4.65. The van der Waals surface area contributed by atoms with Crippen molar-refractivity contribution in [1.29, 1.82) is 0 Å². The zero-order valence-corrected chi connectivity index (χ0v) is 10.6. The molecule has 1 rings (SSSR count). The van der Waals surface area contributed by atoms with Gasteiger partial charge in [-0.3, -0.25) is 0 Å². The van der Waals surface area contributed by atoms with Gasteiger partial charge in [-0.1, -0.05) is 24.3 Å². The first-order chi connectivity index (χ1) is 8.04. The largest absolute Gasteiger partial charge is 0.447 e. The molecule has 0 aliphatic rings. The van der Waals surface area contributed by atoms with Gasteiger partial charge < -0.3 is 15.4 Å². The number of hydrogen-bond acceptors (Lipinski definition) is 3. The van der Waals surface area contributed by atoms with E-state index in [0.29, 0.717) is 13.1 Å². The highest BCUT2D eigenvalue weighted by Crippen LogP contribution is 2.11. The molecule has 0 saturated carbocycles. The number of carbonyl (C=O) groups excluding carboxylic acids is 1. The summed E-state index contributed by atoms with van der Waals surface area (Å²) < 4.78 is 5.11. The molecule has 0 bridgehead atoms. The van der Waals surface area contributed by atoms with Crippen LogP contribution >= 0.6 is 0 Å². The second kappa shape index (κ2) is 6.25. The monoisotopic (exact) mass is 236 g/mol. The number of carbonyl (C=O) groups is 1. The van der Waals surface area contributed by atoms with Crippen LogP contribution in [0.5, 0.6) is 0 Å². The standard InChI is InChI=1S/C13H20N2O2/c1-10(2)17-13(16)15(3)9-12-7-5-4-6-11(12)8-14/h4-7,10H,8-9,14H2,1-3H3. The van der Waals surface area contributed by atoms with Crippen molar-refractivity contribution in [3.8, 4) is 0 Å². The minimum absolute atomic E-state index is 0.102. The van der Waals surface area contributed by atoms with E-state index in [-0.39, 0.29) is 12.2 Å². The number of hydrogen-bond donors (Lipinski definition) is 1. The highest BCUT2D eigenvalue weighted by Gasteiger charge is 2.13. The van der Waals surface area contributed by atoms with Gasteiger partial charge in [-0.2, -0.15) is 0 Å². The Morgan fingerprint density at radius 1 is 1.35 bits per heavy atom. The molecule has 1 aromatic rings. The van der Waals surface area contributed by atoms with Crippen LogP contribution < -0.4 is 5.73 Å². The van der Waals surface area contributed by atoms with Gasteiger partial charge in [0, 0.05) is 20.1 Å². The van der Waals surface area contributed by atoms with Gasteiger partial charge in [-0.05, 0) is 25.0 Å². The van der Waals surface area contributed by atoms with Gasteiger partial charge in [0.25, 0.3) is 0 Å². The minimum Gasteiger partial charge on any atom is -0.447 e.